The number of carbonyl (C=O) groups excluding carboxylic acids is 1. The van der Waals surface area contributed by atoms with Crippen LogP contribution in [0.25, 0.3) is 0 Å². The minimum atomic E-state index is -0.601. The SMILES string of the molecule is CC(=O)NCc1cccnc1CF. The van der Waals surface area contributed by atoms with Crippen LogP contribution in [-0.2, 0) is 18.0 Å². The summed E-state index contributed by atoms with van der Waals surface area (Å²) in [6.45, 7) is 1.16. The third-order valence-electron chi connectivity index (χ3n) is 1.64. The summed E-state index contributed by atoms with van der Waals surface area (Å²) in [6, 6.07) is 3.47. The molecule has 1 aromatic rings. The highest BCUT2D eigenvalue weighted by Gasteiger charge is 2.02. The van der Waals surface area contributed by atoms with E-state index in [1.54, 1.807) is 12.1 Å². The lowest BCUT2D eigenvalue weighted by atomic mass is 10.2. The van der Waals surface area contributed by atoms with Gasteiger partial charge in [-0.25, -0.2) is 4.39 Å². The van der Waals surface area contributed by atoms with Crippen molar-refractivity contribution in [3.63, 3.8) is 0 Å². The highest BCUT2D eigenvalue weighted by atomic mass is 19.1. The molecule has 0 unspecified atom stereocenters. The van der Waals surface area contributed by atoms with Crippen molar-refractivity contribution in [1.29, 1.82) is 0 Å². The van der Waals surface area contributed by atoms with Crippen LogP contribution in [0.3, 0.4) is 0 Å². The summed E-state index contributed by atoms with van der Waals surface area (Å²) in [6.07, 6.45) is 1.53. The van der Waals surface area contributed by atoms with Crippen LogP contribution in [-0.4, -0.2) is 10.9 Å². The molecule has 0 radical (unpaired) electrons. The molecular formula is C9H11FN2O. The number of hydrogen-bond acceptors (Lipinski definition) is 2. The molecule has 0 aliphatic carbocycles. The Bertz CT molecular complexity index is 301. The van der Waals surface area contributed by atoms with Crippen molar-refractivity contribution in [2.75, 3.05) is 0 Å². The molecule has 0 spiro atoms. The van der Waals surface area contributed by atoms with Crippen molar-refractivity contribution in [1.82, 2.24) is 10.3 Å². The first kappa shape index (κ1) is 9.64. The predicted molar refractivity (Wildman–Crippen MR) is 46.6 cm³/mol. The van der Waals surface area contributed by atoms with Gasteiger partial charge in [0.05, 0.1) is 5.69 Å². The van der Waals surface area contributed by atoms with Crippen molar-refractivity contribution in [3.8, 4) is 0 Å². The first-order valence-corrected chi connectivity index (χ1v) is 3.97. The predicted octanol–water partition coefficient (Wildman–Crippen LogP) is 1.19. The Morgan fingerprint density at radius 2 is 2.46 bits per heavy atom. The van der Waals surface area contributed by atoms with Crippen LogP contribution in [0.4, 0.5) is 4.39 Å². The van der Waals surface area contributed by atoms with Gasteiger partial charge in [0.1, 0.15) is 6.67 Å². The number of rotatable bonds is 3. The number of amides is 1. The standard InChI is InChI=1S/C9H11FN2O/c1-7(13)12-6-8-3-2-4-11-9(8)5-10/h2-4H,5-6H2,1H3,(H,12,13). The molecule has 1 rings (SSSR count). The molecule has 13 heavy (non-hydrogen) atoms. The van der Waals surface area contributed by atoms with Gasteiger partial charge in [0.2, 0.25) is 5.91 Å². The molecule has 1 heterocycles. The molecule has 1 aromatic heterocycles. The van der Waals surface area contributed by atoms with Crippen molar-refractivity contribution in [2.45, 2.75) is 20.1 Å². The fraction of sp³-hybridized carbons (Fsp3) is 0.333. The van der Waals surface area contributed by atoms with E-state index in [1.165, 1.54) is 13.1 Å². The molecule has 0 saturated heterocycles. The summed E-state index contributed by atoms with van der Waals surface area (Å²) in [5.74, 6) is -0.131. The Balaban J connectivity index is 2.69. The molecule has 0 bridgehead atoms. The quantitative estimate of drug-likeness (QED) is 0.762. The minimum Gasteiger partial charge on any atom is -0.352 e. The Kier molecular flexibility index (Phi) is 3.37. The van der Waals surface area contributed by atoms with E-state index in [1.807, 2.05) is 0 Å². The van der Waals surface area contributed by atoms with Gasteiger partial charge in [-0.3, -0.25) is 9.78 Å². The molecule has 4 heteroatoms. The lowest BCUT2D eigenvalue weighted by Gasteiger charge is -2.05. The van der Waals surface area contributed by atoms with Crippen LogP contribution in [0, 0.1) is 0 Å². The second-order valence-electron chi connectivity index (χ2n) is 2.65. The average molecular weight is 182 g/mol. The van der Waals surface area contributed by atoms with E-state index >= 15 is 0 Å². The summed E-state index contributed by atoms with van der Waals surface area (Å²) in [5.41, 5.74) is 1.11. The summed E-state index contributed by atoms with van der Waals surface area (Å²) in [7, 11) is 0. The van der Waals surface area contributed by atoms with Crippen molar-refractivity contribution >= 4 is 5.91 Å². The molecule has 70 valence electrons. The van der Waals surface area contributed by atoms with Crippen LogP contribution in [0.15, 0.2) is 18.3 Å². The summed E-state index contributed by atoms with van der Waals surface area (Å²) in [5, 5.41) is 2.59. The molecule has 0 aromatic carbocycles. The first-order chi connectivity index (χ1) is 6.24. The van der Waals surface area contributed by atoms with E-state index < -0.39 is 6.67 Å². The fourth-order valence-electron chi connectivity index (χ4n) is 0.972. The fourth-order valence-corrected chi connectivity index (χ4v) is 0.972. The minimum absolute atomic E-state index is 0.131. The largest absolute Gasteiger partial charge is 0.352 e. The monoisotopic (exact) mass is 182 g/mol. The molecular weight excluding hydrogens is 171 g/mol. The van der Waals surface area contributed by atoms with Gasteiger partial charge in [-0.2, -0.15) is 0 Å². The van der Waals surface area contributed by atoms with E-state index in [9.17, 15) is 9.18 Å². The maximum absolute atomic E-state index is 12.3. The maximum atomic E-state index is 12.3. The maximum Gasteiger partial charge on any atom is 0.217 e. The third kappa shape index (κ3) is 2.82. The lowest BCUT2D eigenvalue weighted by Crippen LogP contribution is -2.19. The van der Waals surface area contributed by atoms with Crippen LogP contribution < -0.4 is 5.32 Å². The molecule has 0 aliphatic heterocycles. The van der Waals surface area contributed by atoms with E-state index in [4.69, 9.17) is 0 Å². The molecule has 1 N–H and O–H groups in total. The number of pyridine rings is 1. The van der Waals surface area contributed by atoms with Gasteiger partial charge in [0.25, 0.3) is 0 Å². The van der Waals surface area contributed by atoms with Crippen LogP contribution >= 0.6 is 0 Å². The van der Waals surface area contributed by atoms with E-state index in [0.29, 0.717) is 12.2 Å². The molecule has 1 amide bonds. The van der Waals surface area contributed by atoms with Gasteiger partial charge >= 0.3 is 0 Å². The van der Waals surface area contributed by atoms with Crippen molar-refractivity contribution in [2.24, 2.45) is 0 Å². The highest BCUT2D eigenvalue weighted by Crippen LogP contribution is 2.05. The van der Waals surface area contributed by atoms with Gasteiger partial charge in [-0.05, 0) is 11.6 Å². The Morgan fingerprint density at radius 1 is 1.69 bits per heavy atom. The Hall–Kier alpha value is -1.45. The van der Waals surface area contributed by atoms with E-state index in [-0.39, 0.29) is 5.91 Å². The van der Waals surface area contributed by atoms with Gasteiger partial charge in [0, 0.05) is 19.7 Å². The van der Waals surface area contributed by atoms with Crippen LogP contribution in [0.2, 0.25) is 0 Å². The molecule has 0 atom stereocenters. The summed E-state index contributed by atoms with van der Waals surface area (Å²) in [4.78, 5) is 14.4. The number of carbonyl (C=O) groups is 1. The van der Waals surface area contributed by atoms with Gasteiger partial charge in [-0.1, -0.05) is 6.07 Å². The number of hydrogen-bond donors (Lipinski definition) is 1. The molecule has 0 saturated carbocycles. The highest BCUT2D eigenvalue weighted by molar-refractivity contribution is 5.72. The Labute approximate surface area is 76.0 Å². The lowest BCUT2D eigenvalue weighted by molar-refractivity contribution is -0.119. The number of nitrogens with one attached hydrogen (secondary N) is 1. The topological polar surface area (TPSA) is 42.0 Å². The zero-order valence-electron chi connectivity index (χ0n) is 7.38. The average Bonchev–Trinajstić information content (AvgIpc) is 2.15. The zero-order valence-corrected chi connectivity index (χ0v) is 7.38. The smallest absolute Gasteiger partial charge is 0.217 e. The number of aromatic nitrogens is 1. The summed E-state index contributed by atoms with van der Waals surface area (Å²) < 4.78 is 12.3. The Morgan fingerprint density at radius 3 is 3.08 bits per heavy atom. The van der Waals surface area contributed by atoms with Gasteiger partial charge in [0.15, 0.2) is 0 Å². The van der Waals surface area contributed by atoms with Crippen LogP contribution in [0.1, 0.15) is 18.2 Å². The van der Waals surface area contributed by atoms with E-state index in [2.05, 4.69) is 10.3 Å². The number of nitrogens with zero attached hydrogens (tertiary/aromatic N) is 1. The third-order valence-corrected chi connectivity index (χ3v) is 1.64. The number of alkyl halides is 1. The van der Waals surface area contributed by atoms with Crippen molar-refractivity contribution in [3.05, 3.63) is 29.6 Å². The molecule has 0 aliphatic rings. The first-order valence-electron chi connectivity index (χ1n) is 3.97. The normalized spacial score (nSPS) is 9.69. The second kappa shape index (κ2) is 4.54. The summed E-state index contributed by atoms with van der Waals surface area (Å²) >= 11 is 0. The van der Waals surface area contributed by atoms with Gasteiger partial charge < -0.3 is 5.32 Å². The van der Waals surface area contributed by atoms with E-state index in [0.717, 1.165) is 5.56 Å². The van der Waals surface area contributed by atoms with Crippen molar-refractivity contribution < 1.29 is 9.18 Å². The van der Waals surface area contributed by atoms with Crippen LogP contribution in [0.5, 0.6) is 0 Å². The molecule has 3 nitrogen and oxygen atoms in total. The number of halogens is 1. The second-order valence-corrected chi connectivity index (χ2v) is 2.65. The zero-order chi connectivity index (χ0) is 9.68. The van der Waals surface area contributed by atoms with Gasteiger partial charge in [-0.15, -0.1) is 0 Å². The molecule has 0 fully saturated rings.